The molecule has 6 nitrogen and oxygen atoms in total. The third-order valence-electron chi connectivity index (χ3n) is 5.56. The lowest BCUT2D eigenvalue weighted by Gasteiger charge is -2.26. The van der Waals surface area contributed by atoms with Crippen LogP contribution in [0.5, 0.6) is 11.5 Å². The Kier molecular flexibility index (Phi) is 6.81. The number of hydrogen-bond acceptors (Lipinski definition) is 5. The molecule has 36 heavy (non-hydrogen) atoms. The molecule has 0 aromatic heterocycles. The van der Waals surface area contributed by atoms with Gasteiger partial charge in [-0.15, -0.1) is 13.2 Å². The number of ether oxygens (including phenoxy) is 2. The van der Waals surface area contributed by atoms with Crippen molar-refractivity contribution in [2.75, 3.05) is 12.0 Å². The molecule has 3 aromatic rings. The Morgan fingerprint density at radius 3 is 2.39 bits per heavy atom. The van der Waals surface area contributed by atoms with Crippen molar-refractivity contribution in [3.8, 4) is 11.5 Å². The molecule has 10 heteroatoms. The molecular weight excluding hydrogens is 543 g/mol. The number of Topliss-reactive ketones (excluding diaryl/α,β-unsaturated/α-hetero) is 1. The maximum atomic E-state index is 13.2. The molecule has 3 aromatic carbocycles. The van der Waals surface area contributed by atoms with E-state index in [-0.39, 0.29) is 16.8 Å². The van der Waals surface area contributed by atoms with Crippen molar-refractivity contribution < 1.29 is 37.3 Å². The van der Waals surface area contributed by atoms with Crippen LogP contribution in [0.1, 0.15) is 22.7 Å². The van der Waals surface area contributed by atoms with E-state index in [2.05, 4.69) is 20.7 Å². The predicted molar refractivity (Wildman–Crippen MR) is 130 cm³/mol. The Hall–Kier alpha value is -3.79. The van der Waals surface area contributed by atoms with Gasteiger partial charge in [-0.05, 0) is 58.7 Å². The van der Waals surface area contributed by atoms with E-state index in [0.717, 1.165) is 22.6 Å². The van der Waals surface area contributed by atoms with Gasteiger partial charge in [0, 0.05) is 17.3 Å². The fourth-order valence-electron chi connectivity index (χ4n) is 4.05. The van der Waals surface area contributed by atoms with Crippen molar-refractivity contribution in [3.63, 3.8) is 0 Å². The average Bonchev–Trinajstić information content (AvgIpc) is 3.08. The Labute approximate surface area is 212 Å². The van der Waals surface area contributed by atoms with E-state index in [4.69, 9.17) is 4.74 Å². The average molecular weight is 562 g/mol. The van der Waals surface area contributed by atoms with Gasteiger partial charge >= 0.3 is 6.36 Å². The number of anilines is 1. The molecule has 1 heterocycles. The molecule has 1 atom stereocenters. The molecule has 1 N–H and O–H groups in total. The number of amides is 1. The van der Waals surface area contributed by atoms with Gasteiger partial charge in [0.15, 0.2) is 0 Å². The van der Waals surface area contributed by atoms with Crippen molar-refractivity contribution in [3.05, 3.63) is 93.5 Å². The summed E-state index contributed by atoms with van der Waals surface area (Å²) in [4.78, 5) is 27.5. The minimum absolute atomic E-state index is 0.000294. The number of carbonyl (C=O) groups excluding carboxylic acids is 2. The summed E-state index contributed by atoms with van der Waals surface area (Å²) < 4.78 is 48.1. The standard InChI is InChI=1S/C26H19BrF3NO5/c1-14-5-3-6-15(11-14)22-21(23(32)16-9-10-20(35-2)19(27)12-16)24(33)25(34)31(22)17-7-4-8-18(13-17)36-26(28,29)30/h3-13,22,32H,1-2H3/b23-21+. The van der Waals surface area contributed by atoms with Gasteiger partial charge in [0.25, 0.3) is 11.7 Å². The number of nitrogens with zero attached hydrogens (tertiary/aromatic N) is 1. The highest BCUT2D eigenvalue weighted by Gasteiger charge is 2.47. The molecule has 0 bridgehead atoms. The van der Waals surface area contributed by atoms with Crippen molar-refractivity contribution in [1.82, 2.24) is 0 Å². The molecule has 0 saturated carbocycles. The van der Waals surface area contributed by atoms with Gasteiger partial charge in [0.05, 0.1) is 23.2 Å². The summed E-state index contributed by atoms with van der Waals surface area (Å²) in [5.74, 6) is -2.48. The first-order valence-electron chi connectivity index (χ1n) is 10.6. The number of halogens is 4. The van der Waals surface area contributed by atoms with Gasteiger partial charge in [0.1, 0.15) is 17.3 Å². The summed E-state index contributed by atoms with van der Waals surface area (Å²) >= 11 is 3.33. The molecular formula is C26H19BrF3NO5. The minimum Gasteiger partial charge on any atom is -0.507 e. The monoisotopic (exact) mass is 561 g/mol. The second-order valence-corrected chi connectivity index (χ2v) is 8.83. The summed E-state index contributed by atoms with van der Waals surface area (Å²) in [5.41, 5.74) is 1.35. The first-order valence-corrected chi connectivity index (χ1v) is 11.4. The fraction of sp³-hybridized carbons (Fsp3) is 0.154. The summed E-state index contributed by atoms with van der Waals surface area (Å²) in [6.07, 6.45) is -4.94. The van der Waals surface area contributed by atoms with Crippen LogP contribution >= 0.6 is 15.9 Å². The van der Waals surface area contributed by atoms with Gasteiger partial charge in [-0.2, -0.15) is 0 Å². The van der Waals surface area contributed by atoms with Crippen molar-refractivity contribution in [2.45, 2.75) is 19.3 Å². The van der Waals surface area contributed by atoms with Gasteiger partial charge < -0.3 is 14.6 Å². The summed E-state index contributed by atoms with van der Waals surface area (Å²) in [6.45, 7) is 1.81. The van der Waals surface area contributed by atoms with Gasteiger partial charge in [0.2, 0.25) is 0 Å². The Morgan fingerprint density at radius 2 is 1.75 bits per heavy atom. The molecule has 1 unspecified atom stereocenters. The van der Waals surface area contributed by atoms with E-state index >= 15 is 0 Å². The SMILES string of the molecule is COc1ccc(/C(O)=C2\C(=O)C(=O)N(c3cccc(OC(F)(F)F)c3)C2c2cccc(C)c2)cc1Br. The summed E-state index contributed by atoms with van der Waals surface area (Å²) in [6, 6.07) is 15.2. The van der Waals surface area contributed by atoms with E-state index < -0.39 is 35.6 Å². The molecule has 0 aliphatic carbocycles. The molecule has 4 rings (SSSR count). The van der Waals surface area contributed by atoms with E-state index in [1.807, 2.05) is 13.0 Å². The highest BCUT2D eigenvalue weighted by molar-refractivity contribution is 9.10. The number of aliphatic hydroxyl groups excluding tert-OH is 1. The zero-order valence-corrected chi connectivity index (χ0v) is 20.6. The number of carbonyl (C=O) groups is 2. The van der Waals surface area contributed by atoms with E-state index in [1.54, 1.807) is 24.3 Å². The minimum atomic E-state index is -4.94. The highest BCUT2D eigenvalue weighted by Crippen LogP contribution is 2.43. The Morgan fingerprint density at radius 1 is 1.03 bits per heavy atom. The van der Waals surface area contributed by atoms with Crippen LogP contribution in [-0.4, -0.2) is 30.3 Å². The number of alkyl halides is 3. The molecule has 0 radical (unpaired) electrons. The van der Waals surface area contributed by atoms with Crippen LogP contribution in [0.3, 0.4) is 0 Å². The molecule has 1 saturated heterocycles. The number of hydrogen-bond donors (Lipinski definition) is 1. The topological polar surface area (TPSA) is 76.1 Å². The van der Waals surface area contributed by atoms with Crippen LogP contribution in [0, 0.1) is 6.92 Å². The third kappa shape index (κ3) is 4.94. The predicted octanol–water partition coefficient (Wildman–Crippen LogP) is 6.29. The normalized spacial score (nSPS) is 17.4. The van der Waals surface area contributed by atoms with E-state index in [9.17, 15) is 27.9 Å². The highest BCUT2D eigenvalue weighted by atomic mass is 79.9. The van der Waals surface area contributed by atoms with Crippen molar-refractivity contribution in [2.24, 2.45) is 0 Å². The molecule has 1 aliphatic rings. The number of rotatable bonds is 5. The van der Waals surface area contributed by atoms with Crippen molar-refractivity contribution in [1.29, 1.82) is 0 Å². The zero-order chi connectivity index (χ0) is 26.2. The lowest BCUT2D eigenvalue weighted by Crippen LogP contribution is -2.29. The number of aryl methyl sites for hydroxylation is 1. The lowest BCUT2D eigenvalue weighted by atomic mass is 9.94. The molecule has 186 valence electrons. The summed E-state index contributed by atoms with van der Waals surface area (Å²) in [7, 11) is 1.47. The fourth-order valence-corrected chi connectivity index (χ4v) is 4.59. The first kappa shape index (κ1) is 25.3. The largest absolute Gasteiger partial charge is 0.573 e. The zero-order valence-electron chi connectivity index (χ0n) is 19.0. The van der Waals surface area contributed by atoms with Gasteiger partial charge in [-0.1, -0.05) is 35.9 Å². The lowest BCUT2D eigenvalue weighted by molar-refractivity contribution is -0.274. The quantitative estimate of drug-likeness (QED) is 0.225. The van der Waals surface area contributed by atoms with Crippen LogP contribution in [-0.2, 0) is 9.59 Å². The Balaban J connectivity index is 1.91. The summed E-state index contributed by atoms with van der Waals surface area (Å²) in [5, 5.41) is 11.2. The maximum Gasteiger partial charge on any atom is 0.573 e. The second kappa shape index (κ2) is 9.69. The second-order valence-electron chi connectivity index (χ2n) is 7.98. The number of methoxy groups -OCH3 is 1. The molecule has 1 amide bonds. The van der Waals surface area contributed by atoms with Crippen LogP contribution in [0.2, 0.25) is 0 Å². The molecule has 0 spiro atoms. The smallest absolute Gasteiger partial charge is 0.507 e. The van der Waals surface area contributed by atoms with Crippen LogP contribution in [0.25, 0.3) is 5.76 Å². The third-order valence-corrected chi connectivity index (χ3v) is 6.18. The van der Waals surface area contributed by atoms with E-state index in [1.165, 1.54) is 31.4 Å². The number of benzene rings is 3. The number of ketones is 1. The van der Waals surface area contributed by atoms with Crippen molar-refractivity contribution >= 4 is 39.1 Å². The first-order chi connectivity index (χ1) is 17.0. The van der Waals surface area contributed by atoms with E-state index in [0.29, 0.717) is 15.8 Å². The van der Waals surface area contributed by atoms with Gasteiger partial charge in [-0.3, -0.25) is 14.5 Å². The molecule has 1 aliphatic heterocycles. The van der Waals surface area contributed by atoms with Crippen LogP contribution in [0.15, 0.2) is 76.8 Å². The molecule has 1 fully saturated rings. The van der Waals surface area contributed by atoms with Crippen LogP contribution < -0.4 is 14.4 Å². The van der Waals surface area contributed by atoms with Gasteiger partial charge in [-0.25, -0.2) is 0 Å². The maximum absolute atomic E-state index is 13.2. The Bertz CT molecular complexity index is 1390. The number of aliphatic hydroxyl groups is 1. The van der Waals surface area contributed by atoms with Crippen LogP contribution in [0.4, 0.5) is 18.9 Å².